The van der Waals surface area contributed by atoms with Gasteiger partial charge in [-0.05, 0) is 96.5 Å². The van der Waals surface area contributed by atoms with E-state index in [9.17, 15) is 5.11 Å². The Labute approximate surface area is 224 Å². The molecule has 0 aliphatic rings. The lowest BCUT2D eigenvalue weighted by molar-refractivity contribution is 0.324. The summed E-state index contributed by atoms with van der Waals surface area (Å²) in [5, 5.41) is 10.4. The van der Waals surface area contributed by atoms with Gasteiger partial charge in [-0.1, -0.05) is 24.3 Å². The zero-order valence-corrected chi connectivity index (χ0v) is 22.3. The van der Waals surface area contributed by atoms with Crippen molar-refractivity contribution in [3.8, 4) is 40.2 Å². The van der Waals surface area contributed by atoms with E-state index in [1.807, 2.05) is 48.5 Å². The number of aromatic hydroxyl groups is 1. The number of rotatable bonds is 12. The quantitative estimate of drug-likeness (QED) is 0.225. The van der Waals surface area contributed by atoms with Gasteiger partial charge in [0.25, 0.3) is 0 Å². The first-order valence-electron chi connectivity index (χ1n) is 12.5. The van der Waals surface area contributed by atoms with Crippen LogP contribution in [0.4, 0.5) is 0 Å². The number of methoxy groups -OCH3 is 4. The number of ether oxygens (including phenoxy) is 5. The Balaban J connectivity index is 1.43. The van der Waals surface area contributed by atoms with Crippen molar-refractivity contribution in [2.75, 3.05) is 28.4 Å². The van der Waals surface area contributed by atoms with Gasteiger partial charge >= 0.3 is 0 Å². The third-order valence-electron chi connectivity index (χ3n) is 6.35. The zero-order valence-electron chi connectivity index (χ0n) is 22.3. The van der Waals surface area contributed by atoms with Crippen LogP contribution in [0.5, 0.6) is 40.2 Å². The van der Waals surface area contributed by atoms with Crippen molar-refractivity contribution in [2.45, 2.75) is 25.7 Å². The molecule has 38 heavy (non-hydrogen) atoms. The molecule has 198 valence electrons. The molecule has 4 aromatic carbocycles. The number of hydrogen-bond donors (Lipinski definition) is 1. The van der Waals surface area contributed by atoms with E-state index in [1.54, 1.807) is 40.6 Å². The Hall–Kier alpha value is -4.32. The summed E-state index contributed by atoms with van der Waals surface area (Å²) in [5.74, 6) is 4.16. The highest BCUT2D eigenvalue weighted by Gasteiger charge is 2.13. The highest BCUT2D eigenvalue weighted by atomic mass is 16.5. The number of phenols is 1. The summed E-state index contributed by atoms with van der Waals surface area (Å²) in [7, 11) is 6.48. The molecule has 0 spiro atoms. The summed E-state index contributed by atoms with van der Waals surface area (Å²) in [6.07, 6.45) is 3.20. The summed E-state index contributed by atoms with van der Waals surface area (Å²) in [6.45, 7) is 0. The molecule has 0 unspecified atom stereocenters. The minimum Gasteiger partial charge on any atom is -0.508 e. The summed E-state index contributed by atoms with van der Waals surface area (Å²) in [5.41, 5.74) is 4.39. The van der Waals surface area contributed by atoms with E-state index in [4.69, 9.17) is 23.7 Å². The number of benzene rings is 4. The zero-order chi connectivity index (χ0) is 26.9. The molecule has 0 radical (unpaired) electrons. The molecule has 6 heteroatoms. The van der Waals surface area contributed by atoms with Gasteiger partial charge < -0.3 is 28.8 Å². The van der Waals surface area contributed by atoms with Gasteiger partial charge in [0, 0.05) is 6.07 Å². The monoisotopic (exact) mass is 514 g/mol. The number of phenolic OH excluding ortho intramolecular Hbond substituents is 1. The third-order valence-corrected chi connectivity index (χ3v) is 6.35. The summed E-state index contributed by atoms with van der Waals surface area (Å²) in [6, 6.07) is 25.4. The molecular weight excluding hydrogens is 480 g/mol. The van der Waals surface area contributed by atoms with Crippen molar-refractivity contribution in [1.82, 2.24) is 0 Å². The number of hydrogen-bond acceptors (Lipinski definition) is 6. The Morgan fingerprint density at radius 2 is 1.03 bits per heavy atom. The topological polar surface area (TPSA) is 66.4 Å². The Bertz CT molecular complexity index is 1340. The van der Waals surface area contributed by atoms with Gasteiger partial charge in [0.2, 0.25) is 5.75 Å². The van der Waals surface area contributed by atoms with E-state index in [2.05, 4.69) is 18.2 Å². The van der Waals surface area contributed by atoms with Crippen LogP contribution in [0.25, 0.3) is 0 Å². The fourth-order valence-electron chi connectivity index (χ4n) is 4.43. The van der Waals surface area contributed by atoms with Crippen molar-refractivity contribution in [3.05, 3.63) is 101 Å². The van der Waals surface area contributed by atoms with Gasteiger partial charge in [0.1, 0.15) is 23.0 Å². The molecule has 1 N–H and O–H groups in total. The molecule has 0 amide bonds. The van der Waals surface area contributed by atoms with Crippen LogP contribution in [-0.4, -0.2) is 33.5 Å². The van der Waals surface area contributed by atoms with Gasteiger partial charge in [-0.2, -0.15) is 0 Å². The molecular formula is C32H34O6. The molecule has 0 fully saturated rings. The van der Waals surface area contributed by atoms with E-state index < -0.39 is 0 Å². The minimum absolute atomic E-state index is 0.163. The van der Waals surface area contributed by atoms with Gasteiger partial charge in [0.05, 0.1) is 28.4 Å². The molecule has 4 rings (SSSR count). The smallest absolute Gasteiger partial charge is 0.203 e. The number of aryl methyl sites for hydroxylation is 4. The second-order valence-electron chi connectivity index (χ2n) is 8.97. The lowest BCUT2D eigenvalue weighted by atomic mass is 10.0. The SMILES string of the molecule is COc1cccc(CCc2cccc(Oc3cc(O)cc(CCc4cc(OC)c(OC)c(OC)c4)c3)c2)c1. The van der Waals surface area contributed by atoms with Crippen molar-refractivity contribution in [3.63, 3.8) is 0 Å². The average molecular weight is 515 g/mol. The molecule has 0 aromatic heterocycles. The highest BCUT2D eigenvalue weighted by Crippen LogP contribution is 2.38. The van der Waals surface area contributed by atoms with Crippen molar-refractivity contribution >= 4 is 0 Å². The van der Waals surface area contributed by atoms with E-state index in [0.717, 1.165) is 41.9 Å². The second-order valence-corrected chi connectivity index (χ2v) is 8.97. The van der Waals surface area contributed by atoms with Crippen molar-refractivity contribution in [1.29, 1.82) is 0 Å². The van der Waals surface area contributed by atoms with Gasteiger partial charge in [0.15, 0.2) is 11.5 Å². The molecule has 0 atom stereocenters. The van der Waals surface area contributed by atoms with Crippen LogP contribution in [0, 0.1) is 0 Å². The summed E-state index contributed by atoms with van der Waals surface area (Å²) < 4.78 is 27.8. The lowest BCUT2D eigenvalue weighted by Crippen LogP contribution is -1.98. The van der Waals surface area contributed by atoms with Crippen LogP contribution in [-0.2, 0) is 25.7 Å². The fourth-order valence-corrected chi connectivity index (χ4v) is 4.43. The van der Waals surface area contributed by atoms with Gasteiger partial charge in [-0.15, -0.1) is 0 Å². The lowest BCUT2D eigenvalue weighted by Gasteiger charge is -2.14. The van der Waals surface area contributed by atoms with E-state index in [1.165, 1.54) is 11.1 Å². The maximum Gasteiger partial charge on any atom is 0.203 e. The maximum absolute atomic E-state index is 10.4. The maximum atomic E-state index is 10.4. The van der Waals surface area contributed by atoms with Crippen molar-refractivity contribution in [2.24, 2.45) is 0 Å². The predicted molar refractivity (Wildman–Crippen MR) is 149 cm³/mol. The van der Waals surface area contributed by atoms with Gasteiger partial charge in [-0.3, -0.25) is 0 Å². The largest absolute Gasteiger partial charge is 0.508 e. The Kier molecular flexibility index (Phi) is 8.98. The van der Waals surface area contributed by atoms with Gasteiger partial charge in [-0.25, -0.2) is 0 Å². The molecule has 0 heterocycles. The van der Waals surface area contributed by atoms with Crippen LogP contribution < -0.4 is 23.7 Å². The summed E-state index contributed by atoms with van der Waals surface area (Å²) >= 11 is 0. The van der Waals surface area contributed by atoms with Crippen molar-refractivity contribution < 1.29 is 28.8 Å². The standard InChI is InChI=1S/C32H34O6/c1-34-27-9-5-7-22(16-27)11-12-23-8-6-10-28(17-23)38-29-18-24(15-26(33)21-29)13-14-25-19-30(35-2)32(37-4)31(20-25)36-3/h5-10,15-21,33H,11-14H2,1-4H3. The van der Waals surface area contributed by atoms with Crippen LogP contribution in [0.15, 0.2) is 78.9 Å². The average Bonchev–Trinajstić information content (AvgIpc) is 2.94. The van der Waals surface area contributed by atoms with E-state index in [0.29, 0.717) is 29.4 Å². The normalized spacial score (nSPS) is 10.6. The Morgan fingerprint density at radius 3 is 1.61 bits per heavy atom. The van der Waals surface area contributed by atoms with Crippen LogP contribution in [0.3, 0.4) is 0 Å². The molecule has 0 saturated heterocycles. The fraction of sp³-hybridized carbons (Fsp3) is 0.250. The van der Waals surface area contributed by atoms with Crippen LogP contribution in [0.1, 0.15) is 22.3 Å². The van der Waals surface area contributed by atoms with E-state index in [-0.39, 0.29) is 5.75 Å². The Morgan fingerprint density at radius 1 is 0.500 bits per heavy atom. The third kappa shape index (κ3) is 6.91. The first kappa shape index (κ1) is 26.7. The molecule has 4 aromatic rings. The van der Waals surface area contributed by atoms with Crippen LogP contribution in [0.2, 0.25) is 0 Å². The first-order chi connectivity index (χ1) is 18.5. The minimum atomic E-state index is 0.163. The highest BCUT2D eigenvalue weighted by molar-refractivity contribution is 5.54. The molecule has 0 bridgehead atoms. The molecule has 6 nitrogen and oxygen atoms in total. The molecule has 0 aliphatic carbocycles. The molecule has 0 aliphatic heterocycles. The molecule has 0 saturated carbocycles. The summed E-state index contributed by atoms with van der Waals surface area (Å²) in [4.78, 5) is 0. The van der Waals surface area contributed by atoms with E-state index >= 15 is 0 Å². The second kappa shape index (κ2) is 12.8. The predicted octanol–water partition coefficient (Wildman–Crippen LogP) is 6.79. The van der Waals surface area contributed by atoms with Crippen LogP contribution >= 0.6 is 0 Å². The first-order valence-corrected chi connectivity index (χ1v) is 12.5.